The molecule has 0 N–H and O–H groups in total. The molecular formula is C24H19Cl3N2O. The molecule has 2 unspecified atom stereocenters. The minimum atomic E-state index is -0.364. The zero-order chi connectivity index (χ0) is 20.8. The average molecular weight is 458 g/mol. The number of hydrazone groups is 1. The molecule has 0 aliphatic carbocycles. The SMILES string of the molecule is CCc1ccc(C2Oc3c(Cl)cc(Cl)cc3C3CC(c4ccc(Cl)cc4)=NN32)cc1. The number of rotatable bonds is 3. The number of aryl methyl sites for hydroxylation is 1. The lowest BCUT2D eigenvalue weighted by Crippen LogP contribution is -2.33. The highest BCUT2D eigenvalue weighted by Gasteiger charge is 2.42. The molecule has 0 spiro atoms. The third kappa shape index (κ3) is 3.45. The van der Waals surface area contributed by atoms with Crippen LogP contribution in [0.3, 0.4) is 0 Å². The summed E-state index contributed by atoms with van der Waals surface area (Å²) < 4.78 is 6.40. The van der Waals surface area contributed by atoms with Crippen LogP contribution in [-0.4, -0.2) is 10.7 Å². The van der Waals surface area contributed by atoms with Gasteiger partial charge in [0.05, 0.1) is 16.8 Å². The van der Waals surface area contributed by atoms with E-state index in [2.05, 4.69) is 31.2 Å². The first-order chi connectivity index (χ1) is 14.5. The summed E-state index contributed by atoms with van der Waals surface area (Å²) in [5.74, 6) is 0.680. The summed E-state index contributed by atoms with van der Waals surface area (Å²) in [5.41, 5.74) is 5.31. The van der Waals surface area contributed by atoms with Crippen LogP contribution < -0.4 is 4.74 Å². The summed E-state index contributed by atoms with van der Waals surface area (Å²) in [6, 6.07) is 19.9. The van der Waals surface area contributed by atoms with Gasteiger partial charge in [-0.05, 0) is 41.8 Å². The highest BCUT2D eigenvalue weighted by Crippen LogP contribution is 2.50. The third-order valence-corrected chi connectivity index (χ3v) is 6.41. The predicted octanol–water partition coefficient (Wildman–Crippen LogP) is 7.45. The van der Waals surface area contributed by atoms with Gasteiger partial charge in [-0.2, -0.15) is 5.10 Å². The molecule has 2 aliphatic heterocycles. The van der Waals surface area contributed by atoms with Crippen molar-refractivity contribution >= 4 is 40.5 Å². The predicted molar refractivity (Wildman–Crippen MR) is 123 cm³/mol. The van der Waals surface area contributed by atoms with Gasteiger partial charge >= 0.3 is 0 Å². The van der Waals surface area contributed by atoms with Gasteiger partial charge in [-0.15, -0.1) is 0 Å². The van der Waals surface area contributed by atoms with Gasteiger partial charge in [-0.3, -0.25) is 0 Å². The van der Waals surface area contributed by atoms with Crippen molar-refractivity contribution in [3.8, 4) is 5.75 Å². The number of halogens is 3. The first-order valence-electron chi connectivity index (χ1n) is 9.89. The number of ether oxygens (including phenoxy) is 1. The van der Waals surface area contributed by atoms with E-state index in [4.69, 9.17) is 44.6 Å². The zero-order valence-electron chi connectivity index (χ0n) is 16.3. The second kappa shape index (κ2) is 7.81. The van der Waals surface area contributed by atoms with Crippen molar-refractivity contribution in [2.75, 3.05) is 0 Å². The summed E-state index contributed by atoms with van der Waals surface area (Å²) in [5, 5.41) is 8.81. The van der Waals surface area contributed by atoms with Crippen molar-refractivity contribution < 1.29 is 4.74 Å². The number of nitrogens with zero attached hydrogens (tertiary/aromatic N) is 2. The lowest BCUT2D eigenvalue weighted by Gasteiger charge is -2.38. The van der Waals surface area contributed by atoms with Gasteiger partial charge in [0.25, 0.3) is 0 Å². The largest absolute Gasteiger partial charge is 0.463 e. The summed E-state index contributed by atoms with van der Waals surface area (Å²) in [6.07, 6.45) is 1.36. The van der Waals surface area contributed by atoms with Crippen LogP contribution in [0.15, 0.2) is 65.8 Å². The maximum Gasteiger partial charge on any atom is 0.213 e. The van der Waals surface area contributed by atoms with Crippen LogP contribution in [0.2, 0.25) is 15.1 Å². The Balaban J connectivity index is 1.60. The molecule has 5 rings (SSSR count). The van der Waals surface area contributed by atoms with Gasteiger partial charge < -0.3 is 4.74 Å². The van der Waals surface area contributed by atoms with Gasteiger partial charge in [0, 0.05) is 27.6 Å². The molecule has 2 heterocycles. The maximum absolute atomic E-state index is 6.53. The topological polar surface area (TPSA) is 24.8 Å². The number of hydrogen-bond acceptors (Lipinski definition) is 3. The smallest absolute Gasteiger partial charge is 0.213 e. The van der Waals surface area contributed by atoms with Crippen molar-refractivity contribution in [1.29, 1.82) is 0 Å². The first kappa shape index (κ1) is 19.7. The molecule has 3 nitrogen and oxygen atoms in total. The monoisotopic (exact) mass is 456 g/mol. The van der Waals surface area contributed by atoms with Crippen molar-refractivity contribution in [3.63, 3.8) is 0 Å². The lowest BCUT2D eigenvalue weighted by atomic mass is 9.95. The first-order valence-corrected chi connectivity index (χ1v) is 11.0. The van der Waals surface area contributed by atoms with E-state index in [9.17, 15) is 0 Å². The Hall–Kier alpha value is -2.20. The molecule has 3 aromatic rings. The minimum Gasteiger partial charge on any atom is -0.463 e. The van der Waals surface area contributed by atoms with Crippen molar-refractivity contribution in [3.05, 3.63) is 98.0 Å². The summed E-state index contributed by atoms with van der Waals surface area (Å²) in [4.78, 5) is 0. The van der Waals surface area contributed by atoms with E-state index in [-0.39, 0.29) is 12.3 Å². The Morgan fingerprint density at radius 2 is 1.70 bits per heavy atom. The van der Waals surface area contributed by atoms with Crippen molar-refractivity contribution in [2.45, 2.75) is 32.0 Å². The van der Waals surface area contributed by atoms with Crippen LogP contribution in [0.1, 0.15) is 47.9 Å². The van der Waals surface area contributed by atoms with Gasteiger partial charge in [-0.25, -0.2) is 5.01 Å². The van der Waals surface area contributed by atoms with Crippen LogP contribution in [0.4, 0.5) is 0 Å². The lowest BCUT2D eigenvalue weighted by molar-refractivity contribution is -0.0189. The molecule has 0 saturated carbocycles. The fraction of sp³-hybridized carbons (Fsp3) is 0.208. The maximum atomic E-state index is 6.53. The van der Waals surface area contributed by atoms with Crippen LogP contribution in [0.25, 0.3) is 0 Å². The van der Waals surface area contributed by atoms with Gasteiger partial charge in [0.15, 0.2) is 0 Å². The molecule has 0 fully saturated rings. The quantitative estimate of drug-likeness (QED) is 0.408. The van der Waals surface area contributed by atoms with E-state index in [1.165, 1.54) is 5.56 Å². The summed E-state index contributed by atoms with van der Waals surface area (Å²) in [6.45, 7) is 2.14. The number of benzene rings is 3. The molecule has 30 heavy (non-hydrogen) atoms. The third-order valence-electron chi connectivity index (χ3n) is 5.66. The molecule has 6 heteroatoms. The molecule has 0 amide bonds. The standard InChI is InChI=1S/C24H19Cl3N2O/c1-2-14-3-5-16(6-4-14)24-29-22(19-11-18(26)12-20(27)23(19)30-24)13-21(28-29)15-7-9-17(25)10-8-15/h3-12,22,24H,2,13H2,1H3. The van der Waals surface area contributed by atoms with Crippen molar-refractivity contribution in [1.82, 2.24) is 5.01 Å². The molecule has 0 aromatic heterocycles. The molecule has 0 saturated heterocycles. The van der Waals surface area contributed by atoms with Crippen LogP contribution >= 0.6 is 34.8 Å². The minimum absolute atomic E-state index is 0.00789. The highest BCUT2D eigenvalue weighted by atomic mass is 35.5. The van der Waals surface area contributed by atoms with E-state index >= 15 is 0 Å². The fourth-order valence-electron chi connectivity index (χ4n) is 4.07. The van der Waals surface area contributed by atoms with E-state index < -0.39 is 0 Å². The van der Waals surface area contributed by atoms with Gasteiger partial charge in [0.1, 0.15) is 5.75 Å². The molecule has 0 radical (unpaired) electrons. The Morgan fingerprint density at radius 3 is 2.40 bits per heavy atom. The Labute approximate surface area is 190 Å². The average Bonchev–Trinajstić information content (AvgIpc) is 3.20. The van der Waals surface area contributed by atoms with Crippen LogP contribution in [0, 0.1) is 0 Å². The second-order valence-corrected chi connectivity index (χ2v) is 8.80. The van der Waals surface area contributed by atoms with Crippen LogP contribution in [-0.2, 0) is 6.42 Å². The van der Waals surface area contributed by atoms with Gasteiger partial charge in [0.2, 0.25) is 6.23 Å². The van der Waals surface area contributed by atoms with Crippen molar-refractivity contribution in [2.24, 2.45) is 5.10 Å². The molecule has 152 valence electrons. The zero-order valence-corrected chi connectivity index (χ0v) is 18.5. The van der Waals surface area contributed by atoms with E-state index in [0.717, 1.165) is 35.2 Å². The second-order valence-electron chi connectivity index (χ2n) is 7.52. The van der Waals surface area contributed by atoms with Gasteiger partial charge in [-0.1, -0.05) is 78.1 Å². The fourth-order valence-corrected chi connectivity index (χ4v) is 4.75. The molecule has 0 bridgehead atoms. The van der Waals surface area contributed by atoms with Crippen LogP contribution in [0.5, 0.6) is 5.75 Å². The number of hydrogen-bond donors (Lipinski definition) is 0. The highest BCUT2D eigenvalue weighted by molar-refractivity contribution is 6.35. The number of fused-ring (bicyclic) bond motifs is 3. The molecular weight excluding hydrogens is 439 g/mol. The Kier molecular flexibility index (Phi) is 5.14. The summed E-state index contributed by atoms with van der Waals surface area (Å²) in [7, 11) is 0. The Bertz CT molecular complexity index is 1130. The molecule has 2 atom stereocenters. The Morgan fingerprint density at radius 1 is 0.967 bits per heavy atom. The summed E-state index contributed by atoms with van der Waals surface area (Å²) >= 11 is 18.9. The normalized spacial score (nSPS) is 19.7. The molecule has 3 aromatic carbocycles. The molecule has 2 aliphatic rings. The van der Waals surface area contributed by atoms with E-state index in [0.29, 0.717) is 20.8 Å². The van der Waals surface area contributed by atoms with E-state index in [1.807, 2.05) is 35.3 Å². The van der Waals surface area contributed by atoms with E-state index in [1.54, 1.807) is 6.07 Å².